The average molecular weight is 447 g/mol. The van der Waals surface area contributed by atoms with Gasteiger partial charge in [0.2, 0.25) is 5.91 Å². The van der Waals surface area contributed by atoms with Crippen LogP contribution in [0.2, 0.25) is 0 Å². The summed E-state index contributed by atoms with van der Waals surface area (Å²) >= 11 is 0. The second kappa shape index (κ2) is 8.16. The number of halogens is 2. The van der Waals surface area contributed by atoms with Gasteiger partial charge in [-0.2, -0.15) is 5.10 Å². The molecule has 3 atom stereocenters. The van der Waals surface area contributed by atoms with E-state index in [1.807, 2.05) is 4.90 Å². The number of carbonyl (C=O) groups excluding carboxylic acids is 2. The third-order valence-electron chi connectivity index (χ3n) is 5.87. The molecule has 1 saturated heterocycles. The lowest BCUT2D eigenvalue weighted by atomic mass is 9.87. The summed E-state index contributed by atoms with van der Waals surface area (Å²) in [7, 11) is 1.55. The Hall–Kier alpha value is -3.01. The summed E-state index contributed by atoms with van der Waals surface area (Å²) in [6, 6.07) is 0.998. The summed E-state index contributed by atoms with van der Waals surface area (Å²) in [6.45, 7) is 6.26. The van der Waals surface area contributed by atoms with Gasteiger partial charge in [0, 0.05) is 31.3 Å². The number of likely N-dealkylation sites (N-methyl/N-ethyl adjacent to an activating group) is 1. The highest BCUT2D eigenvalue weighted by Crippen LogP contribution is 2.36. The number of carbonyl (C=O) groups is 2. The van der Waals surface area contributed by atoms with E-state index < -0.39 is 41.5 Å². The molecule has 8 nitrogen and oxygen atoms in total. The van der Waals surface area contributed by atoms with Crippen LogP contribution < -0.4 is 5.32 Å². The maximum Gasteiger partial charge on any atom is 0.407 e. The number of likely N-dealkylation sites (tertiary alicyclic amines) is 1. The van der Waals surface area contributed by atoms with Crippen LogP contribution in [0, 0.1) is 11.6 Å². The van der Waals surface area contributed by atoms with Crippen molar-refractivity contribution in [2.45, 2.75) is 64.0 Å². The molecule has 0 aliphatic carbocycles. The predicted molar refractivity (Wildman–Crippen MR) is 111 cm³/mol. The van der Waals surface area contributed by atoms with Crippen molar-refractivity contribution in [3.8, 4) is 0 Å². The Labute approximate surface area is 184 Å². The number of benzene rings is 1. The maximum atomic E-state index is 14.7. The lowest BCUT2D eigenvalue weighted by molar-refractivity contribution is -0.144. The van der Waals surface area contributed by atoms with Gasteiger partial charge in [-0.05, 0) is 45.4 Å². The van der Waals surface area contributed by atoms with Gasteiger partial charge in [0.15, 0.2) is 0 Å². The Morgan fingerprint density at radius 1 is 1.28 bits per heavy atom. The molecule has 3 heterocycles. The molecule has 0 saturated carbocycles. The van der Waals surface area contributed by atoms with Gasteiger partial charge in [0.05, 0.1) is 30.0 Å². The third kappa shape index (κ3) is 4.32. The molecule has 2 aromatic rings. The number of piperidine rings is 1. The number of H-pyrrole nitrogens is 1. The molecule has 2 N–H and O–H groups in total. The van der Waals surface area contributed by atoms with Crippen LogP contribution in [-0.2, 0) is 22.6 Å². The SMILES string of the molecule is CN1C(=O)C(N2Cc3cn[nH]c3C2)C[C@H](NC(=O)OC(C)(C)C)[C@H]1c1cc(F)ccc1F. The van der Waals surface area contributed by atoms with E-state index in [4.69, 9.17) is 4.74 Å². The molecule has 2 aliphatic rings. The van der Waals surface area contributed by atoms with Crippen molar-refractivity contribution < 1.29 is 23.1 Å². The normalized spacial score (nSPS) is 23.9. The number of alkyl carbamates (subject to hydrolysis) is 1. The average Bonchev–Trinajstić information content (AvgIpc) is 3.27. The molecule has 10 heteroatoms. The highest BCUT2D eigenvalue weighted by atomic mass is 19.1. The molecule has 0 bridgehead atoms. The zero-order chi connectivity index (χ0) is 23.2. The molecular weight excluding hydrogens is 420 g/mol. The lowest BCUT2D eigenvalue weighted by Crippen LogP contribution is -2.60. The number of fused-ring (bicyclic) bond motifs is 1. The van der Waals surface area contributed by atoms with Crippen molar-refractivity contribution >= 4 is 12.0 Å². The van der Waals surface area contributed by atoms with E-state index in [9.17, 15) is 18.4 Å². The molecule has 1 aromatic carbocycles. The minimum absolute atomic E-state index is 0.0104. The minimum Gasteiger partial charge on any atom is -0.444 e. The van der Waals surface area contributed by atoms with Gasteiger partial charge in [-0.1, -0.05) is 0 Å². The Kier molecular flexibility index (Phi) is 5.66. The Balaban J connectivity index is 1.64. The number of ether oxygens (including phenoxy) is 1. The first-order chi connectivity index (χ1) is 15.0. The Morgan fingerprint density at radius 3 is 2.72 bits per heavy atom. The van der Waals surface area contributed by atoms with Gasteiger partial charge in [-0.15, -0.1) is 0 Å². The van der Waals surface area contributed by atoms with Crippen molar-refractivity contribution in [2.24, 2.45) is 0 Å². The van der Waals surface area contributed by atoms with Crippen molar-refractivity contribution in [3.63, 3.8) is 0 Å². The highest BCUT2D eigenvalue weighted by Gasteiger charge is 2.46. The van der Waals surface area contributed by atoms with Crippen LogP contribution in [0.4, 0.5) is 13.6 Å². The second-order valence-corrected chi connectivity index (χ2v) is 9.34. The number of rotatable bonds is 3. The summed E-state index contributed by atoms with van der Waals surface area (Å²) in [5.41, 5.74) is 1.23. The number of nitrogens with one attached hydrogen (secondary N) is 2. The van der Waals surface area contributed by atoms with Gasteiger partial charge in [0.25, 0.3) is 0 Å². The number of hydrogen-bond acceptors (Lipinski definition) is 5. The maximum absolute atomic E-state index is 14.7. The van der Waals surface area contributed by atoms with E-state index in [2.05, 4.69) is 15.5 Å². The van der Waals surface area contributed by atoms with Crippen LogP contribution in [0.15, 0.2) is 24.4 Å². The largest absolute Gasteiger partial charge is 0.444 e. The lowest BCUT2D eigenvalue weighted by Gasteiger charge is -2.45. The van der Waals surface area contributed by atoms with Crippen LogP contribution in [0.3, 0.4) is 0 Å². The first-order valence-corrected chi connectivity index (χ1v) is 10.5. The fourth-order valence-corrected chi connectivity index (χ4v) is 4.49. The smallest absolute Gasteiger partial charge is 0.407 e. The number of amides is 2. The quantitative estimate of drug-likeness (QED) is 0.755. The minimum atomic E-state index is -0.885. The standard InChI is InChI=1S/C22H27F2N5O3/c1-22(2,3)32-21(31)26-16-8-18(29-10-12-9-25-27-17(12)11-29)20(30)28(4)19(16)14-7-13(23)5-6-15(14)24/h5-7,9,16,18-19H,8,10-11H2,1-4H3,(H,25,27)(H,26,31)/t16-,18?,19+/m0/s1. The van der Waals surface area contributed by atoms with Crippen LogP contribution in [0.25, 0.3) is 0 Å². The monoisotopic (exact) mass is 447 g/mol. The number of nitrogens with zero attached hydrogens (tertiary/aromatic N) is 3. The van der Waals surface area contributed by atoms with E-state index in [-0.39, 0.29) is 17.9 Å². The number of aromatic nitrogens is 2. The molecule has 172 valence electrons. The molecule has 0 radical (unpaired) electrons. The van der Waals surface area contributed by atoms with E-state index >= 15 is 0 Å². The first-order valence-electron chi connectivity index (χ1n) is 10.5. The van der Waals surface area contributed by atoms with Crippen molar-refractivity contribution in [1.29, 1.82) is 0 Å². The molecule has 1 fully saturated rings. The van der Waals surface area contributed by atoms with Gasteiger partial charge in [-0.3, -0.25) is 14.8 Å². The fourth-order valence-electron chi connectivity index (χ4n) is 4.49. The third-order valence-corrected chi connectivity index (χ3v) is 5.87. The first kappa shape index (κ1) is 22.2. The molecular formula is C22H27F2N5O3. The summed E-state index contributed by atoms with van der Waals surface area (Å²) in [6.07, 6.45) is 1.27. The predicted octanol–water partition coefficient (Wildman–Crippen LogP) is 2.87. The zero-order valence-corrected chi connectivity index (χ0v) is 18.5. The Morgan fingerprint density at radius 2 is 2.03 bits per heavy atom. The Bertz CT molecular complexity index is 1010. The van der Waals surface area contributed by atoms with Gasteiger partial charge in [0.1, 0.15) is 17.2 Å². The van der Waals surface area contributed by atoms with E-state index in [1.54, 1.807) is 34.0 Å². The summed E-state index contributed by atoms with van der Waals surface area (Å²) in [5.74, 6) is -1.49. The molecule has 1 aromatic heterocycles. The number of aromatic amines is 1. The van der Waals surface area contributed by atoms with Gasteiger partial charge < -0.3 is 15.0 Å². The zero-order valence-electron chi connectivity index (χ0n) is 18.5. The highest BCUT2D eigenvalue weighted by molar-refractivity contribution is 5.84. The number of hydrogen-bond donors (Lipinski definition) is 2. The van der Waals surface area contributed by atoms with Crippen LogP contribution in [0.1, 0.15) is 50.1 Å². The van der Waals surface area contributed by atoms with Crippen LogP contribution in [0.5, 0.6) is 0 Å². The van der Waals surface area contributed by atoms with Gasteiger partial charge >= 0.3 is 6.09 Å². The summed E-state index contributed by atoms with van der Waals surface area (Å²) < 4.78 is 34.1. The molecule has 2 aliphatic heterocycles. The topological polar surface area (TPSA) is 90.6 Å². The van der Waals surface area contributed by atoms with Crippen LogP contribution >= 0.6 is 0 Å². The molecule has 2 amide bonds. The fraction of sp³-hybridized carbons (Fsp3) is 0.500. The molecule has 0 spiro atoms. The van der Waals surface area contributed by atoms with Crippen molar-refractivity contribution in [2.75, 3.05) is 7.05 Å². The molecule has 32 heavy (non-hydrogen) atoms. The molecule has 1 unspecified atom stereocenters. The van der Waals surface area contributed by atoms with E-state index in [0.29, 0.717) is 13.1 Å². The molecule has 4 rings (SSSR count). The van der Waals surface area contributed by atoms with Crippen molar-refractivity contribution in [1.82, 2.24) is 25.3 Å². The van der Waals surface area contributed by atoms with E-state index in [0.717, 1.165) is 29.5 Å². The second-order valence-electron chi connectivity index (χ2n) is 9.34. The van der Waals surface area contributed by atoms with Gasteiger partial charge in [-0.25, -0.2) is 13.6 Å². The van der Waals surface area contributed by atoms with Crippen molar-refractivity contribution in [3.05, 3.63) is 52.9 Å². The summed E-state index contributed by atoms with van der Waals surface area (Å²) in [5, 5.41) is 9.75. The van der Waals surface area contributed by atoms with Crippen LogP contribution in [-0.4, -0.2) is 56.7 Å². The summed E-state index contributed by atoms with van der Waals surface area (Å²) in [4.78, 5) is 29.3. The van der Waals surface area contributed by atoms with E-state index in [1.165, 1.54) is 4.90 Å².